The van der Waals surface area contributed by atoms with E-state index in [2.05, 4.69) is 5.32 Å². The van der Waals surface area contributed by atoms with Gasteiger partial charge in [0.05, 0.1) is 12.7 Å². The molecule has 0 aromatic heterocycles. The predicted octanol–water partition coefficient (Wildman–Crippen LogP) is 4.09. The van der Waals surface area contributed by atoms with E-state index in [1.807, 2.05) is 38.1 Å². The van der Waals surface area contributed by atoms with Gasteiger partial charge >= 0.3 is 5.97 Å². The van der Waals surface area contributed by atoms with Gasteiger partial charge in [-0.3, -0.25) is 0 Å². The van der Waals surface area contributed by atoms with Gasteiger partial charge in [0.25, 0.3) is 0 Å². The molecule has 0 saturated carbocycles. The minimum absolute atomic E-state index is 0.0138. The molecule has 4 heteroatoms. The van der Waals surface area contributed by atoms with Crippen LogP contribution in [0.2, 0.25) is 0 Å². The molecule has 0 fully saturated rings. The van der Waals surface area contributed by atoms with Gasteiger partial charge in [0.2, 0.25) is 0 Å². The number of benzene rings is 2. The molecule has 0 aliphatic heterocycles. The zero-order chi connectivity index (χ0) is 15.4. The molecule has 110 valence electrons. The minimum atomic E-state index is -0.561. The molecule has 2 aromatic rings. The maximum absolute atomic E-state index is 13.3. The number of hydrogen-bond acceptors (Lipinski definition) is 3. The van der Waals surface area contributed by atoms with E-state index in [9.17, 15) is 9.18 Å². The van der Waals surface area contributed by atoms with E-state index in [4.69, 9.17) is 4.74 Å². The number of esters is 1. The summed E-state index contributed by atoms with van der Waals surface area (Å²) in [5.41, 5.74) is 3.02. The smallest absolute Gasteiger partial charge is 0.340 e. The highest BCUT2D eigenvalue weighted by atomic mass is 19.1. The number of anilines is 1. The van der Waals surface area contributed by atoms with Crippen molar-refractivity contribution in [3.63, 3.8) is 0 Å². The van der Waals surface area contributed by atoms with Crippen LogP contribution in [-0.2, 0) is 4.74 Å². The number of ether oxygens (including phenoxy) is 1. The van der Waals surface area contributed by atoms with Crippen molar-refractivity contribution in [2.24, 2.45) is 0 Å². The molecule has 0 aliphatic rings. The number of rotatable bonds is 4. The molecule has 0 aliphatic carbocycles. The van der Waals surface area contributed by atoms with Crippen LogP contribution in [0.15, 0.2) is 42.5 Å². The first-order valence-electron chi connectivity index (χ1n) is 6.73. The molecule has 0 heterocycles. The second-order valence-corrected chi connectivity index (χ2v) is 4.90. The molecule has 2 aromatic carbocycles. The molecule has 0 bridgehead atoms. The monoisotopic (exact) mass is 287 g/mol. The third kappa shape index (κ3) is 3.40. The molecule has 1 unspecified atom stereocenters. The van der Waals surface area contributed by atoms with E-state index >= 15 is 0 Å². The van der Waals surface area contributed by atoms with Crippen molar-refractivity contribution < 1.29 is 13.9 Å². The topological polar surface area (TPSA) is 38.3 Å². The fraction of sp³-hybridized carbons (Fsp3) is 0.235. The first-order chi connectivity index (χ1) is 10.0. The van der Waals surface area contributed by atoms with Crippen LogP contribution in [0.4, 0.5) is 10.1 Å². The average molecular weight is 287 g/mol. The average Bonchev–Trinajstić information content (AvgIpc) is 2.48. The zero-order valence-corrected chi connectivity index (χ0v) is 12.3. The summed E-state index contributed by atoms with van der Waals surface area (Å²) >= 11 is 0. The lowest BCUT2D eigenvalue weighted by Gasteiger charge is -2.19. The van der Waals surface area contributed by atoms with E-state index in [-0.39, 0.29) is 11.6 Å². The second kappa shape index (κ2) is 6.39. The zero-order valence-electron chi connectivity index (χ0n) is 12.3. The Bertz CT molecular complexity index is 655. The van der Waals surface area contributed by atoms with Crippen LogP contribution in [0.3, 0.4) is 0 Å². The van der Waals surface area contributed by atoms with Crippen LogP contribution in [0.25, 0.3) is 0 Å². The lowest BCUT2D eigenvalue weighted by molar-refractivity contribution is 0.0601. The quantitative estimate of drug-likeness (QED) is 0.861. The number of nitrogens with one attached hydrogen (secondary N) is 1. The largest absolute Gasteiger partial charge is 0.465 e. The number of aryl methyl sites for hydroxylation is 1. The van der Waals surface area contributed by atoms with E-state index < -0.39 is 11.8 Å². The van der Waals surface area contributed by atoms with E-state index in [0.717, 1.165) is 11.1 Å². The summed E-state index contributed by atoms with van der Waals surface area (Å²) in [6.45, 7) is 4.02. The Hall–Kier alpha value is -2.36. The molecule has 3 nitrogen and oxygen atoms in total. The number of carbonyl (C=O) groups is 1. The Kier molecular flexibility index (Phi) is 4.58. The molecule has 0 amide bonds. The standard InChI is InChI=1S/C17H18FNO2/c1-11-6-4-5-7-14(11)12(2)19-16-9-8-13(18)10-15(16)17(20)21-3/h4-10,12,19H,1-3H3. The fourth-order valence-corrected chi connectivity index (χ4v) is 2.30. The molecule has 2 rings (SSSR count). The van der Waals surface area contributed by atoms with Crippen molar-refractivity contribution in [2.75, 3.05) is 12.4 Å². The summed E-state index contributed by atoms with van der Waals surface area (Å²) in [4.78, 5) is 11.7. The summed E-state index contributed by atoms with van der Waals surface area (Å²) in [7, 11) is 1.28. The first kappa shape index (κ1) is 15.0. The Morgan fingerprint density at radius 1 is 1.24 bits per heavy atom. The lowest BCUT2D eigenvalue weighted by atomic mass is 10.0. The van der Waals surface area contributed by atoms with E-state index in [0.29, 0.717) is 5.69 Å². The second-order valence-electron chi connectivity index (χ2n) is 4.90. The number of methoxy groups -OCH3 is 1. The number of hydrogen-bond donors (Lipinski definition) is 1. The molecule has 1 atom stereocenters. The van der Waals surface area contributed by atoms with Crippen LogP contribution >= 0.6 is 0 Å². The van der Waals surface area contributed by atoms with Gasteiger partial charge in [0, 0.05) is 11.7 Å². The summed E-state index contributed by atoms with van der Waals surface area (Å²) in [6, 6.07) is 12.0. The summed E-state index contributed by atoms with van der Waals surface area (Å²) in [6.07, 6.45) is 0. The third-order valence-electron chi connectivity index (χ3n) is 3.41. The molecule has 1 N–H and O–H groups in total. The van der Waals surface area contributed by atoms with Gasteiger partial charge in [-0.25, -0.2) is 9.18 Å². The van der Waals surface area contributed by atoms with Gasteiger partial charge in [-0.2, -0.15) is 0 Å². The highest BCUT2D eigenvalue weighted by molar-refractivity contribution is 5.95. The van der Waals surface area contributed by atoms with Gasteiger partial charge in [-0.15, -0.1) is 0 Å². The van der Waals surface area contributed by atoms with E-state index in [1.54, 1.807) is 6.07 Å². The molecule has 21 heavy (non-hydrogen) atoms. The SMILES string of the molecule is COC(=O)c1cc(F)ccc1NC(C)c1ccccc1C. The molecule has 0 saturated heterocycles. The number of halogens is 1. The van der Waals surface area contributed by atoms with Crippen molar-refractivity contribution in [3.05, 3.63) is 65.0 Å². The molecular weight excluding hydrogens is 269 g/mol. The Labute approximate surface area is 123 Å². The summed E-state index contributed by atoms with van der Waals surface area (Å²) in [5, 5.41) is 3.24. The number of carbonyl (C=O) groups excluding carboxylic acids is 1. The van der Waals surface area contributed by atoms with Gasteiger partial charge in [-0.05, 0) is 43.2 Å². The third-order valence-corrected chi connectivity index (χ3v) is 3.41. The van der Waals surface area contributed by atoms with Gasteiger partial charge in [0.1, 0.15) is 5.82 Å². The maximum atomic E-state index is 13.3. The Morgan fingerprint density at radius 3 is 2.62 bits per heavy atom. The van der Waals surface area contributed by atoms with Crippen molar-refractivity contribution in [1.29, 1.82) is 0 Å². The Morgan fingerprint density at radius 2 is 1.95 bits per heavy atom. The summed E-state index contributed by atoms with van der Waals surface area (Å²) < 4.78 is 18.0. The minimum Gasteiger partial charge on any atom is -0.465 e. The van der Waals surface area contributed by atoms with Crippen molar-refractivity contribution in [2.45, 2.75) is 19.9 Å². The lowest BCUT2D eigenvalue weighted by Crippen LogP contribution is -2.13. The maximum Gasteiger partial charge on any atom is 0.340 e. The van der Waals surface area contributed by atoms with Crippen molar-refractivity contribution in [1.82, 2.24) is 0 Å². The van der Waals surface area contributed by atoms with Crippen LogP contribution in [0, 0.1) is 12.7 Å². The highest BCUT2D eigenvalue weighted by Crippen LogP contribution is 2.25. The summed E-state index contributed by atoms with van der Waals surface area (Å²) in [5.74, 6) is -1.03. The van der Waals surface area contributed by atoms with Crippen LogP contribution in [0.5, 0.6) is 0 Å². The van der Waals surface area contributed by atoms with Crippen LogP contribution in [-0.4, -0.2) is 13.1 Å². The van der Waals surface area contributed by atoms with E-state index in [1.165, 1.54) is 19.2 Å². The normalized spacial score (nSPS) is 11.8. The van der Waals surface area contributed by atoms with Gasteiger partial charge < -0.3 is 10.1 Å². The van der Waals surface area contributed by atoms with Gasteiger partial charge in [-0.1, -0.05) is 24.3 Å². The van der Waals surface area contributed by atoms with Crippen LogP contribution in [0.1, 0.15) is 34.5 Å². The van der Waals surface area contributed by atoms with Gasteiger partial charge in [0.15, 0.2) is 0 Å². The Balaban J connectivity index is 2.31. The van der Waals surface area contributed by atoms with Crippen molar-refractivity contribution in [3.8, 4) is 0 Å². The first-order valence-corrected chi connectivity index (χ1v) is 6.73. The molecular formula is C17H18FNO2. The molecule has 0 radical (unpaired) electrons. The highest BCUT2D eigenvalue weighted by Gasteiger charge is 2.16. The van der Waals surface area contributed by atoms with Crippen molar-refractivity contribution >= 4 is 11.7 Å². The predicted molar refractivity (Wildman–Crippen MR) is 81.0 cm³/mol. The van der Waals surface area contributed by atoms with Crippen LogP contribution < -0.4 is 5.32 Å². The molecule has 0 spiro atoms. The fourth-order valence-electron chi connectivity index (χ4n) is 2.30.